The van der Waals surface area contributed by atoms with Crippen molar-refractivity contribution in [3.05, 3.63) is 45.9 Å². The van der Waals surface area contributed by atoms with Crippen LogP contribution in [0.1, 0.15) is 20.2 Å². The lowest BCUT2D eigenvalue weighted by Crippen LogP contribution is -2.17. The second-order valence-electron chi connectivity index (χ2n) is 3.86. The molecule has 0 saturated heterocycles. The highest BCUT2D eigenvalue weighted by atomic mass is 32.1. The lowest BCUT2D eigenvalue weighted by Gasteiger charge is -2.06. The predicted octanol–water partition coefficient (Wildman–Crippen LogP) is 2.42. The standard InChI is InChI=1S/C13H15N3OS/c1-9-15-7-12(18-9)8-16-11-5-3-4-10(6-11)13(17)14-2/h3-7,16H,8H2,1-2H3,(H,14,17). The zero-order valence-electron chi connectivity index (χ0n) is 10.4. The van der Waals surface area contributed by atoms with Crippen LogP contribution in [0.25, 0.3) is 0 Å². The first kappa shape index (κ1) is 12.6. The number of thiazole rings is 1. The minimum atomic E-state index is -0.0766. The smallest absolute Gasteiger partial charge is 0.251 e. The fraction of sp³-hybridized carbons (Fsp3) is 0.231. The molecule has 0 aliphatic heterocycles. The number of nitrogens with one attached hydrogen (secondary N) is 2. The van der Waals surface area contributed by atoms with E-state index >= 15 is 0 Å². The zero-order valence-corrected chi connectivity index (χ0v) is 11.2. The molecule has 2 rings (SSSR count). The Balaban J connectivity index is 2.03. The molecule has 1 heterocycles. The van der Waals surface area contributed by atoms with E-state index in [1.165, 1.54) is 4.88 Å². The number of rotatable bonds is 4. The third-order valence-corrected chi connectivity index (χ3v) is 3.40. The quantitative estimate of drug-likeness (QED) is 0.888. The summed E-state index contributed by atoms with van der Waals surface area (Å²) in [5.41, 5.74) is 1.59. The van der Waals surface area contributed by atoms with E-state index in [4.69, 9.17) is 0 Å². The minimum absolute atomic E-state index is 0.0766. The number of benzene rings is 1. The highest BCUT2D eigenvalue weighted by molar-refractivity contribution is 7.11. The number of aromatic nitrogens is 1. The van der Waals surface area contributed by atoms with Crippen molar-refractivity contribution in [3.63, 3.8) is 0 Å². The molecule has 2 aromatic rings. The van der Waals surface area contributed by atoms with Gasteiger partial charge < -0.3 is 10.6 Å². The summed E-state index contributed by atoms with van der Waals surface area (Å²) in [6, 6.07) is 7.44. The summed E-state index contributed by atoms with van der Waals surface area (Å²) in [4.78, 5) is 16.9. The van der Waals surface area contributed by atoms with Crippen molar-refractivity contribution in [2.75, 3.05) is 12.4 Å². The van der Waals surface area contributed by atoms with Crippen LogP contribution in [0.15, 0.2) is 30.5 Å². The van der Waals surface area contributed by atoms with E-state index in [0.717, 1.165) is 17.2 Å². The van der Waals surface area contributed by atoms with Crippen LogP contribution in [0.3, 0.4) is 0 Å². The molecule has 1 amide bonds. The van der Waals surface area contributed by atoms with Gasteiger partial charge in [-0.25, -0.2) is 4.98 Å². The molecule has 1 aromatic carbocycles. The Morgan fingerprint density at radius 1 is 1.44 bits per heavy atom. The van der Waals surface area contributed by atoms with Crippen LogP contribution < -0.4 is 10.6 Å². The molecule has 0 unspecified atom stereocenters. The van der Waals surface area contributed by atoms with Crippen LogP contribution in [0.2, 0.25) is 0 Å². The second-order valence-corrected chi connectivity index (χ2v) is 5.18. The fourth-order valence-corrected chi connectivity index (χ4v) is 2.33. The van der Waals surface area contributed by atoms with Gasteiger partial charge in [-0.15, -0.1) is 11.3 Å². The Kier molecular flexibility index (Phi) is 3.94. The summed E-state index contributed by atoms with van der Waals surface area (Å²) in [5, 5.41) is 6.96. The number of hydrogen-bond acceptors (Lipinski definition) is 4. The van der Waals surface area contributed by atoms with Crippen molar-refractivity contribution in [1.29, 1.82) is 0 Å². The Morgan fingerprint density at radius 2 is 2.28 bits per heavy atom. The Bertz CT molecular complexity index is 551. The van der Waals surface area contributed by atoms with Crippen molar-refractivity contribution >= 4 is 22.9 Å². The number of hydrogen-bond donors (Lipinski definition) is 2. The molecular formula is C13H15N3OS. The number of amides is 1. The first-order valence-electron chi connectivity index (χ1n) is 5.66. The molecule has 2 N–H and O–H groups in total. The lowest BCUT2D eigenvalue weighted by atomic mass is 10.2. The van der Waals surface area contributed by atoms with Gasteiger partial charge in [0.25, 0.3) is 5.91 Å². The van der Waals surface area contributed by atoms with Gasteiger partial charge in [0.15, 0.2) is 0 Å². The topological polar surface area (TPSA) is 54.0 Å². The van der Waals surface area contributed by atoms with Crippen LogP contribution in [-0.4, -0.2) is 17.9 Å². The van der Waals surface area contributed by atoms with E-state index in [-0.39, 0.29) is 5.91 Å². The van der Waals surface area contributed by atoms with Gasteiger partial charge in [-0.1, -0.05) is 6.07 Å². The summed E-state index contributed by atoms with van der Waals surface area (Å²) < 4.78 is 0. The Labute approximate surface area is 110 Å². The molecule has 4 nitrogen and oxygen atoms in total. The van der Waals surface area contributed by atoms with E-state index in [1.54, 1.807) is 24.5 Å². The monoisotopic (exact) mass is 261 g/mol. The SMILES string of the molecule is CNC(=O)c1cccc(NCc2cnc(C)s2)c1. The van der Waals surface area contributed by atoms with E-state index < -0.39 is 0 Å². The summed E-state index contributed by atoms with van der Waals surface area (Å²) in [7, 11) is 1.63. The van der Waals surface area contributed by atoms with Crippen LogP contribution in [-0.2, 0) is 6.54 Å². The maximum absolute atomic E-state index is 11.5. The number of carbonyl (C=O) groups excluding carboxylic acids is 1. The molecule has 94 valence electrons. The van der Waals surface area contributed by atoms with Gasteiger partial charge in [-0.2, -0.15) is 0 Å². The first-order chi connectivity index (χ1) is 8.69. The highest BCUT2D eigenvalue weighted by Gasteiger charge is 2.04. The first-order valence-corrected chi connectivity index (χ1v) is 6.48. The minimum Gasteiger partial charge on any atom is -0.380 e. The largest absolute Gasteiger partial charge is 0.380 e. The van der Waals surface area contributed by atoms with Crippen molar-refractivity contribution < 1.29 is 4.79 Å². The Hall–Kier alpha value is -1.88. The molecule has 0 bridgehead atoms. The van der Waals surface area contributed by atoms with E-state index in [9.17, 15) is 4.79 Å². The molecule has 0 aliphatic rings. The van der Waals surface area contributed by atoms with E-state index in [2.05, 4.69) is 15.6 Å². The van der Waals surface area contributed by atoms with Crippen molar-refractivity contribution in [3.8, 4) is 0 Å². The third-order valence-electron chi connectivity index (χ3n) is 2.49. The molecule has 0 saturated carbocycles. The van der Waals surface area contributed by atoms with Crippen molar-refractivity contribution in [1.82, 2.24) is 10.3 Å². The average molecular weight is 261 g/mol. The highest BCUT2D eigenvalue weighted by Crippen LogP contribution is 2.15. The maximum atomic E-state index is 11.5. The lowest BCUT2D eigenvalue weighted by molar-refractivity contribution is 0.0963. The zero-order chi connectivity index (χ0) is 13.0. The second kappa shape index (κ2) is 5.64. The molecule has 18 heavy (non-hydrogen) atoms. The number of carbonyl (C=O) groups is 1. The summed E-state index contributed by atoms with van der Waals surface area (Å²) in [6.45, 7) is 2.71. The summed E-state index contributed by atoms with van der Waals surface area (Å²) in [5.74, 6) is -0.0766. The number of nitrogens with zero attached hydrogens (tertiary/aromatic N) is 1. The van der Waals surface area contributed by atoms with Crippen molar-refractivity contribution in [2.45, 2.75) is 13.5 Å². The maximum Gasteiger partial charge on any atom is 0.251 e. The fourth-order valence-electron chi connectivity index (χ4n) is 1.59. The van der Waals surface area contributed by atoms with Crippen LogP contribution in [0.4, 0.5) is 5.69 Å². The molecule has 0 aliphatic carbocycles. The predicted molar refractivity (Wildman–Crippen MR) is 74.0 cm³/mol. The molecule has 0 spiro atoms. The third kappa shape index (κ3) is 3.07. The van der Waals surface area contributed by atoms with Crippen molar-refractivity contribution in [2.24, 2.45) is 0 Å². The Morgan fingerprint density at radius 3 is 2.94 bits per heavy atom. The molecule has 0 radical (unpaired) electrons. The van der Waals surface area contributed by atoms with Gasteiger partial charge in [-0.05, 0) is 25.1 Å². The molecule has 1 aromatic heterocycles. The van der Waals surface area contributed by atoms with Crippen LogP contribution in [0.5, 0.6) is 0 Å². The van der Waals surface area contributed by atoms with Crippen LogP contribution in [0, 0.1) is 6.92 Å². The van der Waals surface area contributed by atoms with Gasteiger partial charge in [-0.3, -0.25) is 4.79 Å². The van der Waals surface area contributed by atoms with Gasteiger partial charge >= 0.3 is 0 Å². The average Bonchev–Trinajstić information content (AvgIpc) is 2.81. The number of anilines is 1. The normalized spacial score (nSPS) is 10.1. The van der Waals surface area contributed by atoms with E-state index in [1.807, 2.05) is 31.3 Å². The molecular weight excluding hydrogens is 246 g/mol. The van der Waals surface area contributed by atoms with Gasteiger partial charge in [0.1, 0.15) is 0 Å². The molecule has 0 atom stereocenters. The molecule has 5 heteroatoms. The van der Waals surface area contributed by atoms with Gasteiger partial charge in [0.2, 0.25) is 0 Å². The summed E-state index contributed by atoms with van der Waals surface area (Å²) >= 11 is 1.67. The van der Waals surface area contributed by atoms with Gasteiger partial charge in [0.05, 0.1) is 11.6 Å². The van der Waals surface area contributed by atoms with Gasteiger partial charge in [0, 0.05) is 29.4 Å². The van der Waals surface area contributed by atoms with E-state index in [0.29, 0.717) is 5.56 Å². The van der Waals surface area contributed by atoms with Crippen LogP contribution >= 0.6 is 11.3 Å². The molecule has 0 fully saturated rings. The number of aryl methyl sites for hydroxylation is 1. The summed E-state index contributed by atoms with van der Waals surface area (Å²) in [6.07, 6.45) is 1.87.